The van der Waals surface area contributed by atoms with Crippen LogP contribution >= 0.6 is 0 Å². The Balaban J connectivity index is 1.60. The summed E-state index contributed by atoms with van der Waals surface area (Å²) in [7, 11) is 0. The first-order chi connectivity index (χ1) is 7.06. The summed E-state index contributed by atoms with van der Waals surface area (Å²) in [5, 5.41) is 9.76. The fourth-order valence-electron chi connectivity index (χ4n) is 3.03. The maximum atomic E-state index is 11.9. The Morgan fingerprint density at radius 2 is 1.80 bits per heavy atom. The summed E-state index contributed by atoms with van der Waals surface area (Å²) in [6.45, 7) is 4.04. The van der Waals surface area contributed by atoms with Crippen LogP contribution in [0.2, 0.25) is 0 Å². The van der Waals surface area contributed by atoms with Crippen molar-refractivity contribution in [2.75, 3.05) is 13.1 Å². The predicted molar refractivity (Wildman–Crippen MR) is 56.2 cm³/mol. The first-order valence-electron chi connectivity index (χ1n) is 6.08. The first kappa shape index (κ1) is 9.64. The van der Waals surface area contributed by atoms with Crippen molar-refractivity contribution in [3.63, 3.8) is 0 Å². The highest BCUT2D eigenvalue weighted by Crippen LogP contribution is 2.59. The van der Waals surface area contributed by atoms with Crippen LogP contribution in [0, 0.1) is 11.3 Å². The average molecular weight is 209 g/mol. The molecule has 1 N–H and O–H groups in total. The molecule has 0 unspecified atom stereocenters. The summed E-state index contributed by atoms with van der Waals surface area (Å²) >= 11 is 0. The van der Waals surface area contributed by atoms with Gasteiger partial charge in [-0.15, -0.1) is 0 Å². The summed E-state index contributed by atoms with van der Waals surface area (Å²) in [4.78, 5) is 13.7. The molecule has 2 aliphatic carbocycles. The summed E-state index contributed by atoms with van der Waals surface area (Å²) in [5.41, 5.74) is -0.386. The smallest absolute Gasteiger partial charge is 0.254 e. The lowest BCUT2D eigenvalue weighted by Gasteiger charge is -2.34. The van der Waals surface area contributed by atoms with Crippen molar-refractivity contribution < 1.29 is 9.90 Å². The molecular formula is C12H19NO2. The standard InChI is InChI=1S/C12H19NO2/c1-9-8-11(9)4-6-13(7-5-11)10(14)12(15)2-3-12/h9,15H,2-8H2,1H3/t9-/m1/s1. The normalized spacial score (nSPS) is 35.3. The second-order valence-corrected chi connectivity index (χ2v) is 5.79. The Morgan fingerprint density at radius 3 is 2.20 bits per heavy atom. The van der Waals surface area contributed by atoms with Gasteiger partial charge in [0.2, 0.25) is 0 Å². The third kappa shape index (κ3) is 1.40. The molecule has 0 aromatic rings. The van der Waals surface area contributed by atoms with Crippen LogP contribution in [0.4, 0.5) is 0 Å². The van der Waals surface area contributed by atoms with E-state index in [0.29, 0.717) is 18.3 Å². The Hall–Kier alpha value is -0.570. The number of hydrogen-bond acceptors (Lipinski definition) is 2. The maximum absolute atomic E-state index is 11.9. The van der Waals surface area contributed by atoms with Gasteiger partial charge in [-0.25, -0.2) is 0 Å². The molecule has 0 aromatic carbocycles. The molecule has 3 rings (SSSR count). The van der Waals surface area contributed by atoms with E-state index in [4.69, 9.17) is 0 Å². The van der Waals surface area contributed by atoms with Gasteiger partial charge in [-0.05, 0) is 43.4 Å². The quantitative estimate of drug-likeness (QED) is 0.704. The number of rotatable bonds is 1. The van der Waals surface area contributed by atoms with Gasteiger partial charge < -0.3 is 10.0 Å². The van der Waals surface area contributed by atoms with Gasteiger partial charge in [0.25, 0.3) is 5.91 Å². The largest absolute Gasteiger partial charge is 0.380 e. The van der Waals surface area contributed by atoms with Crippen LogP contribution in [-0.4, -0.2) is 34.6 Å². The number of carbonyl (C=O) groups excluding carboxylic acids is 1. The van der Waals surface area contributed by atoms with Crippen molar-refractivity contribution >= 4 is 5.91 Å². The van der Waals surface area contributed by atoms with Gasteiger partial charge in [-0.2, -0.15) is 0 Å². The molecular weight excluding hydrogens is 190 g/mol. The molecule has 3 fully saturated rings. The number of nitrogens with zero attached hydrogens (tertiary/aromatic N) is 1. The lowest BCUT2D eigenvalue weighted by molar-refractivity contribution is -0.144. The molecule has 0 aromatic heterocycles. The molecule has 0 bridgehead atoms. The summed E-state index contributed by atoms with van der Waals surface area (Å²) in [6.07, 6.45) is 4.99. The van der Waals surface area contributed by atoms with E-state index >= 15 is 0 Å². The molecule has 3 aliphatic rings. The predicted octanol–water partition coefficient (Wildman–Crippen LogP) is 1.16. The van der Waals surface area contributed by atoms with Crippen molar-refractivity contribution in [2.45, 2.75) is 44.6 Å². The van der Waals surface area contributed by atoms with Crippen molar-refractivity contribution in [3.05, 3.63) is 0 Å². The third-order valence-corrected chi connectivity index (χ3v) is 4.77. The maximum Gasteiger partial charge on any atom is 0.254 e. The van der Waals surface area contributed by atoms with Crippen molar-refractivity contribution in [1.29, 1.82) is 0 Å². The monoisotopic (exact) mass is 209 g/mol. The van der Waals surface area contributed by atoms with Crippen LogP contribution in [-0.2, 0) is 4.79 Å². The zero-order chi connectivity index (χ0) is 10.7. The zero-order valence-corrected chi connectivity index (χ0v) is 9.33. The lowest BCUT2D eigenvalue weighted by atomic mass is 9.91. The molecule has 1 saturated heterocycles. The van der Waals surface area contributed by atoms with E-state index < -0.39 is 5.60 Å². The fraction of sp³-hybridized carbons (Fsp3) is 0.917. The number of amides is 1. The Kier molecular flexibility index (Phi) is 1.77. The number of likely N-dealkylation sites (tertiary alicyclic amines) is 1. The van der Waals surface area contributed by atoms with Crippen molar-refractivity contribution in [1.82, 2.24) is 4.90 Å². The molecule has 1 atom stereocenters. The molecule has 3 heteroatoms. The molecule has 2 saturated carbocycles. The van der Waals surface area contributed by atoms with Gasteiger partial charge in [0.05, 0.1) is 0 Å². The molecule has 1 spiro atoms. The average Bonchev–Trinajstić information content (AvgIpc) is 3.10. The second-order valence-electron chi connectivity index (χ2n) is 5.79. The minimum atomic E-state index is -0.959. The van der Waals surface area contributed by atoms with Crippen LogP contribution < -0.4 is 0 Å². The molecule has 15 heavy (non-hydrogen) atoms. The highest BCUT2D eigenvalue weighted by atomic mass is 16.3. The van der Waals surface area contributed by atoms with E-state index in [1.165, 1.54) is 6.42 Å². The molecule has 84 valence electrons. The van der Waals surface area contributed by atoms with Gasteiger partial charge in [0.1, 0.15) is 5.60 Å². The Labute approximate surface area is 90.5 Å². The van der Waals surface area contributed by atoms with Gasteiger partial charge in [0.15, 0.2) is 0 Å². The van der Waals surface area contributed by atoms with E-state index in [1.807, 2.05) is 4.90 Å². The van der Waals surface area contributed by atoms with Gasteiger partial charge in [-0.1, -0.05) is 6.92 Å². The number of piperidine rings is 1. The zero-order valence-electron chi connectivity index (χ0n) is 9.33. The molecule has 1 heterocycles. The number of hydrogen-bond donors (Lipinski definition) is 1. The summed E-state index contributed by atoms with van der Waals surface area (Å²) in [5.74, 6) is 0.851. The van der Waals surface area contributed by atoms with E-state index in [9.17, 15) is 9.90 Å². The fourth-order valence-corrected chi connectivity index (χ4v) is 3.03. The second kappa shape index (κ2) is 2.76. The van der Waals surface area contributed by atoms with E-state index in [2.05, 4.69) is 6.92 Å². The van der Waals surface area contributed by atoms with Crippen molar-refractivity contribution in [3.8, 4) is 0 Å². The van der Waals surface area contributed by atoms with Crippen LogP contribution in [0.1, 0.15) is 39.0 Å². The summed E-state index contributed by atoms with van der Waals surface area (Å²) in [6, 6.07) is 0. The molecule has 1 amide bonds. The minimum Gasteiger partial charge on any atom is -0.380 e. The Morgan fingerprint density at radius 1 is 1.27 bits per heavy atom. The van der Waals surface area contributed by atoms with Gasteiger partial charge in [0, 0.05) is 13.1 Å². The van der Waals surface area contributed by atoms with Crippen LogP contribution in [0.15, 0.2) is 0 Å². The highest BCUT2D eigenvalue weighted by Gasteiger charge is 2.55. The van der Waals surface area contributed by atoms with Crippen molar-refractivity contribution in [2.24, 2.45) is 11.3 Å². The summed E-state index contributed by atoms with van der Waals surface area (Å²) < 4.78 is 0. The van der Waals surface area contributed by atoms with Crippen LogP contribution in [0.25, 0.3) is 0 Å². The van der Waals surface area contributed by atoms with E-state index in [-0.39, 0.29) is 5.91 Å². The van der Waals surface area contributed by atoms with Crippen LogP contribution in [0.3, 0.4) is 0 Å². The molecule has 3 nitrogen and oxygen atoms in total. The first-order valence-corrected chi connectivity index (χ1v) is 6.08. The number of aliphatic hydroxyl groups is 1. The van der Waals surface area contributed by atoms with E-state index in [0.717, 1.165) is 31.8 Å². The third-order valence-electron chi connectivity index (χ3n) is 4.77. The number of carbonyl (C=O) groups is 1. The van der Waals surface area contributed by atoms with Crippen LogP contribution in [0.5, 0.6) is 0 Å². The molecule has 0 radical (unpaired) electrons. The lowest BCUT2D eigenvalue weighted by Crippen LogP contribution is -2.45. The topological polar surface area (TPSA) is 40.5 Å². The van der Waals surface area contributed by atoms with Gasteiger partial charge >= 0.3 is 0 Å². The molecule has 1 aliphatic heterocycles. The van der Waals surface area contributed by atoms with Gasteiger partial charge in [-0.3, -0.25) is 4.79 Å². The minimum absolute atomic E-state index is 0.00865. The SMILES string of the molecule is C[C@@H]1CC12CCN(C(=O)C1(O)CC1)CC2. The van der Waals surface area contributed by atoms with E-state index in [1.54, 1.807) is 0 Å². The highest BCUT2D eigenvalue weighted by molar-refractivity contribution is 5.87. The Bertz CT molecular complexity index is 301.